The number of ether oxygens (including phenoxy) is 1. The first kappa shape index (κ1) is 14.2. The lowest BCUT2D eigenvalue weighted by Gasteiger charge is -2.14. The van der Waals surface area contributed by atoms with E-state index in [1.165, 1.54) is 6.08 Å². The van der Waals surface area contributed by atoms with Crippen LogP contribution in [0.25, 0.3) is 0 Å². The predicted molar refractivity (Wildman–Crippen MR) is 70.9 cm³/mol. The van der Waals surface area contributed by atoms with Crippen molar-refractivity contribution in [1.29, 1.82) is 0 Å². The van der Waals surface area contributed by atoms with Crippen molar-refractivity contribution < 1.29 is 14.3 Å². The van der Waals surface area contributed by atoms with Crippen molar-refractivity contribution in [2.75, 3.05) is 0 Å². The molecule has 1 aliphatic rings. The Kier molecular flexibility index (Phi) is 4.84. The van der Waals surface area contributed by atoms with Crippen LogP contribution < -0.4 is 0 Å². The highest BCUT2D eigenvalue weighted by atomic mass is 16.6. The van der Waals surface area contributed by atoms with Crippen LogP contribution in [-0.4, -0.2) is 18.4 Å². The summed E-state index contributed by atoms with van der Waals surface area (Å²) in [5.41, 5.74) is 2.24. The smallest absolute Gasteiger partial charge is 0.334 e. The number of hydrogen-bond acceptors (Lipinski definition) is 3. The lowest BCUT2D eigenvalue weighted by Crippen LogP contribution is -2.15. The van der Waals surface area contributed by atoms with Gasteiger partial charge < -0.3 is 4.74 Å². The van der Waals surface area contributed by atoms with E-state index in [2.05, 4.69) is 13.2 Å². The summed E-state index contributed by atoms with van der Waals surface area (Å²) in [7, 11) is 0. The molecule has 0 amide bonds. The molecule has 0 aromatic heterocycles. The van der Waals surface area contributed by atoms with Crippen LogP contribution >= 0.6 is 0 Å². The molecule has 18 heavy (non-hydrogen) atoms. The molecule has 0 aliphatic carbocycles. The fourth-order valence-electron chi connectivity index (χ4n) is 1.83. The molecule has 2 atom stereocenters. The van der Waals surface area contributed by atoms with Gasteiger partial charge in [0.05, 0.1) is 0 Å². The van der Waals surface area contributed by atoms with Gasteiger partial charge in [-0.2, -0.15) is 0 Å². The van der Waals surface area contributed by atoms with Crippen LogP contribution in [0.4, 0.5) is 0 Å². The Morgan fingerprint density at radius 3 is 2.67 bits per heavy atom. The Labute approximate surface area is 108 Å². The minimum absolute atomic E-state index is 0.149. The van der Waals surface area contributed by atoms with Gasteiger partial charge in [-0.15, -0.1) is 0 Å². The second kappa shape index (κ2) is 6.15. The molecule has 0 unspecified atom stereocenters. The van der Waals surface area contributed by atoms with Gasteiger partial charge in [-0.1, -0.05) is 36.5 Å². The molecule has 1 rings (SSSR count). The number of hydrogen-bond donors (Lipinski definition) is 0. The van der Waals surface area contributed by atoms with E-state index in [-0.39, 0.29) is 18.0 Å². The Bertz CT molecular complexity index is 441. The highest BCUT2D eigenvalue weighted by molar-refractivity contribution is 5.91. The van der Waals surface area contributed by atoms with E-state index in [9.17, 15) is 9.59 Å². The quantitative estimate of drug-likeness (QED) is 0.324. The number of esters is 1. The third kappa shape index (κ3) is 3.55. The molecular formula is C15H18O3. The van der Waals surface area contributed by atoms with Crippen LogP contribution in [0.3, 0.4) is 0 Å². The Morgan fingerprint density at radius 1 is 1.44 bits per heavy atom. The van der Waals surface area contributed by atoms with E-state index >= 15 is 0 Å². The summed E-state index contributed by atoms with van der Waals surface area (Å²) in [6.45, 7) is 11.2. The Hall–Kier alpha value is -1.90. The second-order valence-corrected chi connectivity index (χ2v) is 4.55. The Morgan fingerprint density at radius 2 is 2.11 bits per heavy atom. The molecule has 0 bridgehead atoms. The highest BCUT2D eigenvalue weighted by Crippen LogP contribution is 2.31. The maximum absolute atomic E-state index is 11.5. The molecule has 3 nitrogen and oxygen atoms in total. The fourth-order valence-corrected chi connectivity index (χ4v) is 1.83. The van der Waals surface area contributed by atoms with Crippen LogP contribution in [0.15, 0.2) is 48.1 Å². The topological polar surface area (TPSA) is 43.4 Å². The molecule has 96 valence electrons. The summed E-state index contributed by atoms with van der Waals surface area (Å²) in [4.78, 5) is 21.9. The minimum atomic E-state index is -0.365. The van der Waals surface area contributed by atoms with Gasteiger partial charge >= 0.3 is 5.97 Å². The summed E-state index contributed by atoms with van der Waals surface area (Å²) in [6.07, 6.45) is 6.21. The second-order valence-electron chi connectivity index (χ2n) is 4.55. The van der Waals surface area contributed by atoms with Crippen LogP contribution in [0.2, 0.25) is 0 Å². The van der Waals surface area contributed by atoms with Crippen molar-refractivity contribution in [1.82, 2.24) is 0 Å². The standard InChI is InChI=1S/C15H18O3/c1-10(2)5-6-13-12(4)15(17)18-14(13)9-11(3)7-8-16/h5-8,13-14H,1,4,9H2,2-3H3/b6-5+,11-7+/t13-,14+/m0/s1. The first-order valence-corrected chi connectivity index (χ1v) is 5.80. The van der Waals surface area contributed by atoms with Crippen molar-refractivity contribution >= 4 is 12.3 Å². The molecule has 1 saturated heterocycles. The van der Waals surface area contributed by atoms with Crippen LogP contribution in [0.5, 0.6) is 0 Å². The lowest BCUT2D eigenvalue weighted by atomic mass is 9.92. The van der Waals surface area contributed by atoms with E-state index in [0.717, 1.165) is 17.4 Å². The molecule has 1 aliphatic heterocycles. The summed E-state index contributed by atoms with van der Waals surface area (Å²) in [6, 6.07) is 0. The first-order valence-electron chi connectivity index (χ1n) is 5.80. The maximum atomic E-state index is 11.5. The largest absolute Gasteiger partial charge is 0.458 e. The van der Waals surface area contributed by atoms with E-state index < -0.39 is 0 Å². The molecule has 0 N–H and O–H groups in total. The molecule has 0 aromatic carbocycles. The molecule has 0 radical (unpaired) electrons. The third-order valence-electron chi connectivity index (χ3n) is 2.79. The van der Waals surface area contributed by atoms with Crippen LogP contribution in [0, 0.1) is 5.92 Å². The molecule has 3 heteroatoms. The van der Waals surface area contributed by atoms with Gasteiger partial charge in [0.15, 0.2) is 0 Å². The molecule has 0 spiro atoms. The van der Waals surface area contributed by atoms with Gasteiger partial charge in [-0.25, -0.2) is 4.79 Å². The van der Waals surface area contributed by atoms with E-state index in [0.29, 0.717) is 12.0 Å². The van der Waals surface area contributed by atoms with Crippen molar-refractivity contribution in [3.8, 4) is 0 Å². The van der Waals surface area contributed by atoms with Crippen LogP contribution in [-0.2, 0) is 14.3 Å². The van der Waals surface area contributed by atoms with Gasteiger partial charge in [0.25, 0.3) is 0 Å². The molecule has 1 fully saturated rings. The molecule has 1 heterocycles. The van der Waals surface area contributed by atoms with Gasteiger partial charge in [0.2, 0.25) is 0 Å². The predicted octanol–water partition coefficient (Wildman–Crippen LogP) is 2.75. The van der Waals surface area contributed by atoms with E-state index in [4.69, 9.17) is 4.74 Å². The van der Waals surface area contributed by atoms with Gasteiger partial charge in [-0.3, -0.25) is 4.79 Å². The lowest BCUT2D eigenvalue weighted by molar-refractivity contribution is -0.138. The Balaban J connectivity index is 2.85. The maximum Gasteiger partial charge on any atom is 0.334 e. The highest BCUT2D eigenvalue weighted by Gasteiger charge is 2.36. The SMILES string of the molecule is C=C(C)/C=C/[C@H]1C(=C)C(=O)O[C@@H]1C/C(C)=C/C=O. The van der Waals surface area contributed by atoms with Gasteiger partial charge in [0, 0.05) is 17.9 Å². The average Bonchev–Trinajstić information content (AvgIpc) is 2.52. The zero-order chi connectivity index (χ0) is 13.7. The average molecular weight is 246 g/mol. The zero-order valence-corrected chi connectivity index (χ0v) is 10.8. The van der Waals surface area contributed by atoms with Crippen LogP contribution in [0.1, 0.15) is 20.3 Å². The van der Waals surface area contributed by atoms with Crippen molar-refractivity contribution in [3.63, 3.8) is 0 Å². The van der Waals surface area contributed by atoms with Gasteiger partial charge in [-0.05, 0) is 19.9 Å². The summed E-state index contributed by atoms with van der Waals surface area (Å²) >= 11 is 0. The number of aldehydes is 1. The normalized spacial score (nSPS) is 24.4. The molecular weight excluding hydrogens is 228 g/mol. The van der Waals surface area contributed by atoms with E-state index in [1.54, 1.807) is 0 Å². The number of rotatable bonds is 5. The number of allylic oxidation sites excluding steroid dienone is 3. The number of carbonyl (C=O) groups is 2. The summed E-state index contributed by atoms with van der Waals surface area (Å²) in [5.74, 6) is -0.514. The van der Waals surface area contributed by atoms with Crippen molar-refractivity contribution in [3.05, 3.63) is 48.1 Å². The fraction of sp³-hybridized carbons (Fsp3) is 0.333. The molecule has 0 aromatic rings. The van der Waals surface area contributed by atoms with Crippen molar-refractivity contribution in [2.45, 2.75) is 26.4 Å². The minimum Gasteiger partial charge on any atom is -0.458 e. The molecule has 0 saturated carbocycles. The monoisotopic (exact) mass is 246 g/mol. The summed E-state index contributed by atoms with van der Waals surface area (Å²) in [5, 5.41) is 0. The van der Waals surface area contributed by atoms with Gasteiger partial charge in [0.1, 0.15) is 12.4 Å². The number of carbonyl (C=O) groups excluding carboxylic acids is 2. The third-order valence-corrected chi connectivity index (χ3v) is 2.79. The van der Waals surface area contributed by atoms with E-state index in [1.807, 2.05) is 26.0 Å². The summed E-state index contributed by atoms with van der Waals surface area (Å²) < 4.78 is 5.26. The first-order chi connectivity index (χ1) is 8.45. The number of cyclic esters (lactones) is 1. The van der Waals surface area contributed by atoms with Crippen molar-refractivity contribution in [2.24, 2.45) is 5.92 Å². The zero-order valence-electron chi connectivity index (χ0n) is 10.8.